The average molecular weight is 420 g/mol. The first-order chi connectivity index (χ1) is 15.3. The number of carbonyl (C=O) groups is 1. The number of hydrogen-bond acceptors (Lipinski definition) is 6. The molecule has 2 N–H and O–H groups in total. The molecule has 1 amide bonds. The van der Waals surface area contributed by atoms with Crippen molar-refractivity contribution in [3.63, 3.8) is 0 Å². The largest absolute Gasteiger partial charge is 0.356 e. The summed E-state index contributed by atoms with van der Waals surface area (Å²) in [4.78, 5) is 34.0. The third-order valence-electron chi connectivity index (χ3n) is 6.61. The van der Waals surface area contributed by atoms with Crippen molar-refractivity contribution in [2.45, 2.75) is 38.3 Å². The number of amides is 1. The molecule has 0 bridgehead atoms. The second kappa shape index (κ2) is 9.01. The van der Waals surface area contributed by atoms with Gasteiger partial charge >= 0.3 is 0 Å². The summed E-state index contributed by atoms with van der Waals surface area (Å²) in [6, 6.07) is 8.37. The molecular formula is C23H29N7O. The molecule has 0 radical (unpaired) electrons. The molecule has 0 aliphatic carbocycles. The van der Waals surface area contributed by atoms with Crippen LogP contribution in [0.1, 0.15) is 31.4 Å². The fraction of sp³-hybridized carbons (Fsp3) is 0.478. The van der Waals surface area contributed by atoms with E-state index in [0.29, 0.717) is 12.6 Å². The van der Waals surface area contributed by atoms with Gasteiger partial charge in [0.05, 0.1) is 23.5 Å². The highest BCUT2D eigenvalue weighted by Gasteiger charge is 2.32. The number of piperidine rings is 2. The summed E-state index contributed by atoms with van der Waals surface area (Å²) in [5.74, 6) is 1.25. The van der Waals surface area contributed by atoms with E-state index in [2.05, 4.69) is 41.1 Å². The van der Waals surface area contributed by atoms with Crippen molar-refractivity contribution in [3.05, 3.63) is 48.7 Å². The van der Waals surface area contributed by atoms with Crippen molar-refractivity contribution < 1.29 is 4.79 Å². The van der Waals surface area contributed by atoms with E-state index >= 15 is 0 Å². The normalized spacial score (nSPS) is 20.8. The van der Waals surface area contributed by atoms with Crippen LogP contribution in [-0.2, 0) is 11.3 Å². The molecule has 2 aliphatic rings. The number of nitrogens with zero attached hydrogens (tertiary/aromatic N) is 5. The van der Waals surface area contributed by atoms with Crippen molar-refractivity contribution in [2.24, 2.45) is 5.92 Å². The van der Waals surface area contributed by atoms with Crippen LogP contribution in [0.15, 0.2) is 43.0 Å². The van der Waals surface area contributed by atoms with E-state index in [4.69, 9.17) is 0 Å². The van der Waals surface area contributed by atoms with Gasteiger partial charge in [0.1, 0.15) is 17.8 Å². The molecule has 0 spiro atoms. The van der Waals surface area contributed by atoms with Crippen LogP contribution in [0.2, 0.25) is 0 Å². The lowest BCUT2D eigenvalue weighted by atomic mass is 9.93. The van der Waals surface area contributed by atoms with Crippen molar-refractivity contribution in [1.82, 2.24) is 30.2 Å². The maximum absolute atomic E-state index is 12.7. The van der Waals surface area contributed by atoms with Crippen LogP contribution in [0.25, 0.3) is 11.0 Å². The molecule has 1 atom stereocenters. The number of likely N-dealkylation sites (tertiary alicyclic amines) is 1. The first kappa shape index (κ1) is 19.9. The van der Waals surface area contributed by atoms with Crippen molar-refractivity contribution in [1.29, 1.82) is 0 Å². The van der Waals surface area contributed by atoms with Gasteiger partial charge in [0.25, 0.3) is 0 Å². The van der Waals surface area contributed by atoms with Crippen LogP contribution in [-0.4, -0.2) is 63.0 Å². The molecule has 3 aromatic heterocycles. The summed E-state index contributed by atoms with van der Waals surface area (Å²) in [5, 5.41) is 4.17. The Morgan fingerprint density at radius 3 is 2.84 bits per heavy atom. The van der Waals surface area contributed by atoms with E-state index in [1.165, 1.54) is 0 Å². The van der Waals surface area contributed by atoms with Crippen LogP contribution in [0.3, 0.4) is 0 Å². The van der Waals surface area contributed by atoms with Gasteiger partial charge in [0.15, 0.2) is 0 Å². The molecule has 8 heteroatoms. The first-order valence-electron chi connectivity index (χ1n) is 11.2. The number of aromatic amines is 1. The number of pyridine rings is 1. The van der Waals surface area contributed by atoms with Crippen LogP contribution < -0.4 is 10.2 Å². The molecule has 2 saturated heterocycles. The molecule has 0 unspecified atom stereocenters. The zero-order chi connectivity index (χ0) is 21.0. The highest BCUT2D eigenvalue weighted by molar-refractivity contribution is 5.87. The van der Waals surface area contributed by atoms with E-state index in [9.17, 15) is 4.79 Å². The maximum Gasteiger partial charge on any atom is 0.224 e. The molecule has 2 aliphatic heterocycles. The second-order valence-corrected chi connectivity index (χ2v) is 8.53. The Morgan fingerprint density at radius 2 is 2.00 bits per heavy atom. The Hall–Kier alpha value is -3.00. The van der Waals surface area contributed by atoms with Gasteiger partial charge in [-0.2, -0.15) is 0 Å². The summed E-state index contributed by atoms with van der Waals surface area (Å²) < 4.78 is 0. The lowest BCUT2D eigenvalue weighted by Gasteiger charge is -2.42. The van der Waals surface area contributed by atoms with Crippen LogP contribution >= 0.6 is 0 Å². The Labute approximate surface area is 182 Å². The molecule has 8 nitrogen and oxygen atoms in total. The van der Waals surface area contributed by atoms with E-state index in [-0.39, 0.29) is 11.8 Å². The van der Waals surface area contributed by atoms with Gasteiger partial charge in [-0.05, 0) is 50.4 Å². The molecular weight excluding hydrogens is 390 g/mol. The predicted molar refractivity (Wildman–Crippen MR) is 120 cm³/mol. The van der Waals surface area contributed by atoms with Gasteiger partial charge in [-0.25, -0.2) is 9.97 Å². The maximum atomic E-state index is 12.7. The summed E-state index contributed by atoms with van der Waals surface area (Å²) in [5.41, 5.74) is 1.79. The third-order valence-corrected chi connectivity index (χ3v) is 6.61. The minimum atomic E-state index is 0.0665. The molecule has 0 aromatic carbocycles. The molecule has 31 heavy (non-hydrogen) atoms. The lowest BCUT2D eigenvalue weighted by molar-refractivity contribution is -0.127. The van der Waals surface area contributed by atoms with E-state index in [0.717, 1.165) is 74.4 Å². The standard InChI is InChI=1S/C23H29N7O/c31-23(26-14-18-5-1-2-9-24-18)17-4-3-11-30(15-17)19-7-12-29(13-8-19)22-20-6-10-25-21(20)27-16-28-22/h1-2,5-6,9-10,16-17,19H,3-4,7-8,11-15H2,(H,26,31)(H,25,27,28)/t17-/m0/s1. The monoisotopic (exact) mass is 419 g/mol. The molecule has 5 heterocycles. The first-order valence-corrected chi connectivity index (χ1v) is 11.2. The SMILES string of the molecule is O=C(NCc1ccccn1)[C@H]1CCCN(C2CCN(c3ncnc4[nH]ccc34)CC2)C1. The minimum absolute atomic E-state index is 0.0665. The van der Waals surface area contributed by atoms with Crippen molar-refractivity contribution in [2.75, 3.05) is 31.1 Å². The predicted octanol–water partition coefficient (Wildman–Crippen LogP) is 2.35. The van der Waals surface area contributed by atoms with Gasteiger partial charge in [0.2, 0.25) is 5.91 Å². The van der Waals surface area contributed by atoms with Gasteiger partial charge in [-0.15, -0.1) is 0 Å². The Morgan fingerprint density at radius 1 is 1.10 bits per heavy atom. The molecule has 162 valence electrons. The minimum Gasteiger partial charge on any atom is -0.356 e. The highest BCUT2D eigenvalue weighted by atomic mass is 16.1. The number of nitrogens with one attached hydrogen (secondary N) is 2. The van der Waals surface area contributed by atoms with Crippen LogP contribution in [0.4, 0.5) is 5.82 Å². The number of H-pyrrole nitrogens is 1. The van der Waals surface area contributed by atoms with E-state index in [1.54, 1.807) is 12.5 Å². The number of aromatic nitrogens is 4. The van der Waals surface area contributed by atoms with Gasteiger partial charge in [-0.3, -0.25) is 14.7 Å². The fourth-order valence-corrected chi connectivity index (χ4v) is 4.93. The Bertz CT molecular complexity index is 1010. The molecule has 2 fully saturated rings. The van der Waals surface area contributed by atoms with Gasteiger partial charge < -0.3 is 15.2 Å². The number of carbonyl (C=O) groups excluding carboxylic acids is 1. The summed E-state index contributed by atoms with van der Waals surface area (Å²) in [7, 11) is 0. The number of fused-ring (bicyclic) bond motifs is 1. The van der Waals surface area contributed by atoms with Crippen LogP contribution in [0, 0.1) is 5.92 Å². The lowest BCUT2D eigenvalue weighted by Crippen LogP contribution is -2.51. The van der Waals surface area contributed by atoms with Crippen molar-refractivity contribution >= 4 is 22.8 Å². The number of anilines is 1. The van der Waals surface area contributed by atoms with Crippen molar-refractivity contribution in [3.8, 4) is 0 Å². The molecule has 3 aromatic rings. The van der Waals surface area contributed by atoms with Gasteiger partial charge in [-0.1, -0.05) is 6.07 Å². The van der Waals surface area contributed by atoms with Gasteiger partial charge in [0, 0.05) is 38.1 Å². The molecule has 0 saturated carbocycles. The highest BCUT2D eigenvalue weighted by Crippen LogP contribution is 2.28. The van der Waals surface area contributed by atoms with E-state index in [1.807, 2.05) is 24.4 Å². The Balaban J connectivity index is 1.15. The van der Waals surface area contributed by atoms with Crippen LogP contribution in [0.5, 0.6) is 0 Å². The molecule has 5 rings (SSSR count). The topological polar surface area (TPSA) is 90.0 Å². The summed E-state index contributed by atoms with van der Waals surface area (Å²) in [6.45, 7) is 4.41. The van der Waals surface area contributed by atoms with E-state index < -0.39 is 0 Å². The number of hydrogen-bond donors (Lipinski definition) is 2. The summed E-state index contributed by atoms with van der Waals surface area (Å²) >= 11 is 0. The Kier molecular flexibility index (Phi) is 5.80. The zero-order valence-corrected chi connectivity index (χ0v) is 17.7. The fourth-order valence-electron chi connectivity index (χ4n) is 4.93. The second-order valence-electron chi connectivity index (χ2n) is 8.53. The smallest absolute Gasteiger partial charge is 0.224 e. The third kappa shape index (κ3) is 4.39. The average Bonchev–Trinajstić information content (AvgIpc) is 3.32. The quantitative estimate of drug-likeness (QED) is 0.660. The zero-order valence-electron chi connectivity index (χ0n) is 17.7. The summed E-state index contributed by atoms with van der Waals surface area (Å²) in [6.07, 6.45) is 9.56. The number of rotatable bonds is 5.